The minimum absolute atomic E-state index is 0.378. The highest BCUT2D eigenvalue weighted by Crippen LogP contribution is 2.28. The molecule has 0 aliphatic rings. The summed E-state index contributed by atoms with van der Waals surface area (Å²) in [5.41, 5.74) is 0. The highest BCUT2D eigenvalue weighted by Gasteiger charge is 2.33. The number of hydrogen-bond donors (Lipinski definition) is 2. The van der Waals surface area contributed by atoms with Gasteiger partial charge >= 0.3 is 6.11 Å². The Morgan fingerprint density at radius 2 is 1.74 bits per heavy atom. The lowest BCUT2D eigenvalue weighted by Gasteiger charge is -2.15. The molecule has 0 aromatic heterocycles. The zero-order valence-corrected chi connectivity index (χ0v) is 9.55. The van der Waals surface area contributed by atoms with Crippen LogP contribution in [0.4, 0.5) is 26.3 Å². The molecule has 19 heavy (non-hydrogen) atoms. The zero-order valence-electron chi connectivity index (χ0n) is 9.55. The largest absolute Gasteiger partial charge is 0.368 e. The SMILES string of the molecule is OC(O)C/C(F)=C(/F)CC(F)(F)OC/C=C(/F)CF. The highest BCUT2D eigenvalue weighted by molar-refractivity contribution is 5.02. The van der Waals surface area contributed by atoms with Crippen molar-refractivity contribution in [2.75, 3.05) is 13.3 Å². The van der Waals surface area contributed by atoms with Crippen LogP contribution in [0.15, 0.2) is 23.6 Å². The van der Waals surface area contributed by atoms with Gasteiger partial charge in [0.1, 0.15) is 24.2 Å². The Kier molecular flexibility index (Phi) is 7.72. The Morgan fingerprint density at radius 3 is 2.21 bits per heavy atom. The Hall–Kier alpha value is -1.06. The molecule has 0 saturated carbocycles. The number of allylic oxidation sites excluding steroid dienone is 1. The number of rotatable bonds is 8. The molecule has 0 aliphatic heterocycles. The number of ether oxygens (including phenoxy) is 1. The molecule has 112 valence electrons. The first-order valence-electron chi connectivity index (χ1n) is 4.99. The van der Waals surface area contributed by atoms with Crippen LogP contribution >= 0.6 is 0 Å². The zero-order chi connectivity index (χ0) is 15.1. The summed E-state index contributed by atoms with van der Waals surface area (Å²) in [6.45, 7) is -2.52. The summed E-state index contributed by atoms with van der Waals surface area (Å²) in [6.07, 6.45) is -8.96. The van der Waals surface area contributed by atoms with Crippen molar-refractivity contribution in [3.8, 4) is 0 Å². The predicted octanol–water partition coefficient (Wildman–Crippen LogP) is 2.66. The van der Waals surface area contributed by atoms with E-state index in [2.05, 4.69) is 4.74 Å². The predicted molar refractivity (Wildman–Crippen MR) is 52.8 cm³/mol. The first-order valence-corrected chi connectivity index (χ1v) is 4.99. The molecule has 9 heteroatoms. The van der Waals surface area contributed by atoms with Gasteiger partial charge in [-0.15, -0.1) is 0 Å². The molecule has 3 nitrogen and oxygen atoms in total. The van der Waals surface area contributed by atoms with Crippen LogP contribution in [-0.2, 0) is 4.74 Å². The first kappa shape index (κ1) is 17.9. The van der Waals surface area contributed by atoms with E-state index in [4.69, 9.17) is 10.2 Å². The second kappa shape index (κ2) is 8.18. The van der Waals surface area contributed by atoms with Crippen molar-refractivity contribution >= 4 is 0 Å². The number of aliphatic hydroxyl groups is 2. The van der Waals surface area contributed by atoms with Crippen molar-refractivity contribution in [2.24, 2.45) is 0 Å². The Balaban J connectivity index is 4.43. The molecule has 0 unspecified atom stereocenters. The molecule has 0 atom stereocenters. The van der Waals surface area contributed by atoms with Gasteiger partial charge in [0.25, 0.3) is 0 Å². The molecule has 0 aromatic rings. The number of halogens is 6. The third kappa shape index (κ3) is 8.62. The van der Waals surface area contributed by atoms with Gasteiger partial charge in [0.05, 0.1) is 19.4 Å². The van der Waals surface area contributed by atoms with Crippen LogP contribution in [0.3, 0.4) is 0 Å². The lowest BCUT2D eigenvalue weighted by molar-refractivity contribution is -0.232. The molecule has 0 rings (SSSR count). The molecular weight excluding hydrogens is 282 g/mol. The van der Waals surface area contributed by atoms with Crippen LogP contribution in [0, 0.1) is 0 Å². The number of aliphatic hydroxyl groups excluding tert-OH is 1. The molecule has 0 heterocycles. The maximum absolute atomic E-state index is 12.9. The Bertz CT molecular complexity index is 340. The fourth-order valence-electron chi connectivity index (χ4n) is 0.907. The fraction of sp³-hybridized carbons (Fsp3) is 0.600. The van der Waals surface area contributed by atoms with Gasteiger partial charge in [-0.2, -0.15) is 8.78 Å². The smallest absolute Gasteiger partial charge is 0.362 e. The molecule has 0 amide bonds. The minimum atomic E-state index is -4.14. The van der Waals surface area contributed by atoms with E-state index < -0.39 is 56.0 Å². The van der Waals surface area contributed by atoms with Crippen LogP contribution in [0.1, 0.15) is 12.8 Å². The van der Waals surface area contributed by atoms with Gasteiger partial charge in [0.2, 0.25) is 0 Å². The maximum atomic E-state index is 12.9. The molecule has 0 bridgehead atoms. The lowest BCUT2D eigenvalue weighted by Crippen LogP contribution is -2.21. The van der Waals surface area contributed by atoms with Crippen LogP contribution < -0.4 is 0 Å². The molecule has 0 spiro atoms. The quantitative estimate of drug-likeness (QED) is 0.534. The summed E-state index contributed by atoms with van der Waals surface area (Å²) in [6, 6.07) is 0. The topological polar surface area (TPSA) is 49.7 Å². The number of hydrogen-bond acceptors (Lipinski definition) is 3. The molecule has 0 saturated heterocycles. The van der Waals surface area contributed by atoms with E-state index in [1.807, 2.05) is 0 Å². The van der Waals surface area contributed by atoms with E-state index >= 15 is 0 Å². The van der Waals surface area contributed by atoms with Crippen LogP contribution in [0.2, 0.25) is 0 Å². The Labute approximate surface area is 104 Å². The van der Waals surface area contributed by atoms with E-state index in [1.165, 1.54) is 0 Å². The lowest BCUT2D eigenvalue weighted by atomic mass is 10.2. The van der Waals surface area contributed by atoms with E-state index in [0.717, 1.165) is 0 Å². The van der Waals surface area contributed by atoms with Crippen molar-refractivity contribution < 1.29 is 41.3 Å². The van der Waals surface area contributed by atoms with Crippen molar-refractivity contribution in [3.63, 3.8) is 0 Å². The van der Waals surface area contributed by atoms with Gasteiger partial charge in [-0.3, -0.25) is 0 Å². The summed E-state index contributed by atoms with van der Waals surface area (Å²) >= 11 is 0. The van der Waals surface area contributed by atoms with Crippen molar-refractivity contribution in [1.82, 2.24) is 0 Å². The highest BCUT2D eigenvalue weighted by atomic mass is 19.3. The standard InChI is InChI=1S/C10H12F6O3/c11-5-6(12)1-2-19-10(15,16)4-8(14)7(13)3-9(17)18/h1,9,17-18H,2-5H2/b6-1+,8-7-. The number of alkyl halides is 3. The maximum Gasteiger partial charge on any atom is 0.362 e. The summed E-state index contributed by atoms with van der Waals surface area (Å²) in [4.78, 5) is 0. The van der Waals surface area contributed by atoms with Gasteiger partial charge in [-0.1, -0.05) is 0 Å². The monoisotopic (exact) mass is 294 g/mol. The van der Waals surface area contributed by atoms with Crippen molar-refractivity contribution in [2.45, 2.75) is 25.2 Å². The normalized spacial score (nSPS) is 14.9. The molecule has 0 radical (unpaired) electrons. The van der Waals surface area contributed by atoms with Gasteiger partial charge in [-0.25, -0.2) is 17.6 Å². The molecule has 2 N–H and O–H groups in total. The first-order chi connectivity index (χ1) is 8.68. The third-order valence-corrected chi connectivity index (χ3v) is 1.74. The van der Waals surface area contributed by atoms with E-state index in [9.17, 15) is 26.3 Å². The third-order valence-electron chi connectivity index (χ3n) is 1.74. The summed E-state index contributed by atoms with van der Waals surface area (Å²) in [7, 11) is 0. The molecule has 0 aliphatic carbocycles. The molecular formula is C10H12F6O3. The summed E-state index contributed by atoms with van der Waals surface area (Å²) in [5, 5.41) is 16.6. The summed E-state index contributed by atoms with van der Waals surface area (Å²) in [5.74, 6) is -5.02. The van der Waals surface area contributed by atoms with Crippen molar-refractivity contribution in [3.05, 3.63) is 23.6 Å². The van der Waals surface area contributed by atoms with Gasteiger partial charge in [0, 0.05) is 0 Å². The Morgan fingerprint density at radius 1 is 1.16 bits per heavy atom. The van der Waals surface area contributed by atoms with Crippen LogP contribution in [0.25, 0.3) is 0 Å². The van der Waals surface area contributed by atoms with Crippen LogP contribution in [-0.4, -0.2) is 35.9 Å². The fourth-order valence-corrected chi connectivity index (χ4v) is 0.907. The summed E-state index contributed by atoms with van der Waals surface area (Å²) < 4.78 is 79.0. The molecule has 0 aromatic carbocycles. The van der Waals surface area contributed by atoms with E-state index in [1.54, 1.807) is 0 Å². The van der Waals surface area contributed by atoms with E-state index in [0.29, 0.717) is 6.08 Å². The van der Waals surface area contributed by atoms with Crippen LogP contribution in [0.5, 0.6) is 0 Å². The van der Waals surface area contributed by atoms with E-state index in [-0.39, 0.29) is 0 Å². The van der Waals surface area contributed by atoms with Gasteiger partial charge < -0.3 is 14.9 Å². The second-order valence-corrected chi connectivity index (χ2v) is 3.40. The average molecular weight is 294 g/mol. The average Bonchev–Trinajstić information content (AvgIpc) is 2.26. The second-order valence-electron chi connectivity index (χ2n) is 3.40. The van der Waals surface area contributed by atoms with Gasteiger partial charge in [-0.05, 0) is 6.08 Å². The minimum Gasteiger partial charge on any atom is -0.368 e. The van der Waals surface area contributed by atoms with Crippen molar-refractivity contribution in [1.29, 1.82) is 0 Å². The molecule has 0 fully saturated rings. The van der Waals surface area contributed by atoms with Gasteiger partial charge in [0.15, 0.2) is 6.29 Å².